The van der Waals surface area contributed by atoms with Crippen LogP contribution in [0, 0.1) is 0 Å². The van der Waals surface area contributed by atoms with Gasteiger partial charge in [0, 0.05) is 13.1 Å². The third-order valence-electron chi connectivity index (χ3n) is 2.95. The fourth-order valence-electron chi connectivity index (χ4n) is 1.84. The fraction of sp³-hybridized carbons (Fsp3) is 0.667. The number of aryl methyl sites for hydroxylation is 1. The van der Waals surface area contributed by atoms with Gasteiger partial charge in [-0.3, -0.25) is 4.79 Å². The largest absolute Gasteiger partial charge is 0.348 e. The van der Waals surface area contributed by atoms with Gasteiger partial charge in [0.25, 0.3) is 0 Å². The van der Waals surface area contributed by atoms with Crippen LogP contribution in [-0.2, 0) is 6.42 Å². The molecule has 0 amide bonds. The monoisotopic (exact) mass is 240 g/mol. The summed E-state index contributed by atoms with van der Waals surface area (Å²) in [7, 11) is 2.06. The lowest BCUT2D eigenvalue weighted by atomic mass is 10.1. The van der Waals surface area contributed by atoms with E-state index in [4.69, 9.17) is 0 Å². The normalized spacial score (nSPS) is 10.8. The van der Waals surface area contributed by atoms with E-state index in [-0.39, 0.29) is 0 Å². The molecule has 1 heterocycles. The van der Waals surface area contributed by atoms with E-state index in [0.717, 1.165) is 41.3 Å². The number of thiazole rings is 1. The van der Waals surface area contributed by atoms with E-state index in [9.17, 15) is 4.79 Å². The summed E-state index contributed by atoms with van der Waals surface area (Å²) in [4.78, 5) is 18.4. The van der Waals surface area contributed by atoms with E-state index in [1.165, 1.54) is 11.3 Å². The Labute approximate surface area is 101 Å². The molecule has 0 aliphatic heterocycles. The molecule has 3 nitrogen and oxygen atoms in total. The maximum Gasteiger partial charge on any atom is 0.186 e. The van der Waals surface area contributed by atoms with Gasteiger partial charge in [-0.2, -0.15) is 0 Å². The maximum atomic E-state index is 10.9. The predicted molar refractivity (Wildman–Crippen MR) is 69.7 cm³/mol. The van der Waals surface area contributed by atoms with Gasteiger partial charge in [-0.15, -0.1) is 0 Å². The van der Waals surface area contributed by atoms with Gasteiger partial charge in [0.05, 0.1) is 10.6 Å². The Bertz CT molecular complexity index is 345. The smallest absolute Gasteiger partial charge is 0.186 e. The first-order valence-corrected chi connectivity index (χ1v) is 6.67. The van der Waals surface area contributed by atoms with Crippen LogP contribution >= 0.6 is 11.3 Å². The van der Waals surface area contributed by atoms with Crippen LogP contribution in [-0.4, -0.2) is 24.4 Å². The highest BCUT2D eigenvalue weighted by Gasteiger charge is 2.17. The summed E-state index contributed by atoms with van der Waals surface area (Å²) in [6, 6.07) is 0.510. The molecule has 0 radical (unpaired) electrons. The van der Waals surface area contributed by atoms with Crippen molar-refractivity contribution in [2.75, 3.05) is 11.9 Å². The van der Waals surface area contributed by atoms with Crippen molar-refractivity contribution in [1.29, 1.82) is 0 Å². The van der Waals surface area contributed by atoms with E-state index >= 15 is 0 Å². The second-order valence-corrected chi connectivity index (χ2v) is 4.87. The van der Waals surface area contributed by atoms with E-state index in [2.05, 4.69) is 30.8 Å². The number of carbonyl (C=O) groups excluding carboxylic acids is 1. The number of aldehydes is 1. The first-order valence-electron chi connectivity index (χ1n) is 5.85. The van der Waals surface area contributed by atoms with Gasteiger partial charge in [0.2, 0.25) is 0 Å². The molecule has 0 fully saturated rings. The van der Waals surface area contributed by atoms with Crippen LogP contribution in [0.1, 0.15) is 49.0 Å². The zero-order valence-electron chi connectivity index (χ0n) is 10.5. The number of aromatic nitrogens is 1. The lowest BCUT2D eigenvalue weighted by Crippen LogP contribution is -2.30. The molecule has 0 saturated heterocycles. The Kier molecular flexibility index (Phi) is 4.93. The Morgan fingerprint density at radius 2 is 2.00 bits per heavy atom. The van der Waals surface area contributed by atoms with E-state index < -0.39 is 0 Å². The minimum Gasteiger partial charge on any atom is -0.348 e. The molecule has 16 heavy (non-hydrogen) atoms. The summed E-state index contributed by atoms with van der Waals surface area (Å²) in [5.41, 5.74) is 0.924. The lowest BCUT2D eigenvalue weighted by molar-refractivity contribution is 0.112. The molecular formula is C12H20N2OS. The van der Waals surface area contributed by atoms with Crippen molar-refractivity contribution in [3.05, 3.63) is 10.6 Å². The highest BCUT2D eigenvalue weighted by atomic mass is 32.1. The van der Waals surface area contributed by atoms with Crippen molar-refractivity contribution < 1.29 is 4.79 Å². The number of rotatable bonds is 6. The van der Waals surface area contributed by atoms with Crippen LogP contribution < -0.4 is 4.90 Å². The number of hydrogen-bond acceptors (Lipinski definition) is 4. The van der Waals surface area contributed by atoms with Crippen LogP contribution in [0.5, 0.6) is 0 Å². The summed E-state index contributed by atoms with van der Waals surface area (Å²) in [5, 5.41) is 0.965. The van der Waals surface area contributed by atoms with Gasteiger partial charge in [0.1, 0.15) is 0 Å². The van der Waals surface area contributed by atoms with Crippen molar-refractivity contribution in [3.63, 3.8) is 0 Å². The molecule has 0 unspecified atom stereocenters. The highest BCUT2D eigenvalue weighted by Crippen LogP contribution is 2.27. The molecule has 0 bridgehead atoms. The minimum absolute atomic E-state index is 0.510. The van der Waals surface area contributed by atoms with Crippen molar-refractivity contribution >= 4 is 22.8 Å². The summed E-state index contributed by atoms with van der Waals surface area (Å²) in [6.45, 7) is 6.39. The van der Waals surface area contributed by atoms with Gasteiger partial charge < -0.3 is 4.90 Å². The van der Waals surface area contributed by atoms with Crippen molar-refractivity contribution in [2.24, 2.45) is 0 Å². The van der Waals surface area contributed by atoms with Crippen LogP contribution in [0.2, 0.25) is 0 Å². The topological polar surface area (TPSA) is 33.2 Å². The van der Waals surface area contributed by atoms with Gasteiger partial charge >= 0.3 is 0 Å². The molecule has 0 N–H and O–H groups in total. The molecular weight excluding hydrogens is 220 g/mol. The molecule has 4 heteroatoms. The average Bonchev–Trinajstić information content (AvgIpc) is 2.73. The van der Waals surface area contributed by atoms with Crippen LogP contribution in [0.25, 0.3) is 0 Å². The molecule has 1 aromatic heterocycles. The zero-order valence-corrected chi connectivity index (χ0v) is 11.3. The van der Waals surface area contributed by atoms with Crippen molar-refractivity contribution in [3.8, 4) is 0 Å². The van der Waals surface area contributed by atoms with E-state index in [1.54, 1.807) is 0 Å². The summed E-state index contributed by atoms with van der Waals surface area (Å²) in [5.74, 6) is 0. The maximum absolute atomic E-state index is 10.9. The summed E-state index contributed by atoms with van der Waals surface area (Å²) < 4.78 is 0. The SMILES string of the molecule is CCc1nc(N(C)C(CC)CC)sc1C=O. The lowest BCUT2D eigenvalue weighted by Gasteiger charge is -2.25. The van der Waals surface area contributed by atoms with Crippen molar-refractivity contribution in [1.82, 2.24) is 4.98 Å². The Balaban J connectivity index is 2.95. The fourth-order valence-corrected chi connectivity index (χ4v) is 2.84. The second kappa shape index (κ2) is 5.99. The molecule has 1 aromatic rings. The number of nitrogens with zero attached hydrogens (tertiary/aromatic N) is 2. The quantitative estimate of drug-likeness (QED) is 0.716. The van der Waals surface area contributed by atoms with Crippen molar-refractivity contribution in [2.45, 2.75) is 46.1 Å². The summed E-state index contributed by atoms with van der Waals surface area (Å²) in [6.07, 6.45) is 3.94. The van der Waals surface area contributed by atoms with Gasteiger partial charge in [-0.1, -0.05) is 32.1 Å². The molecule has 0 aliphatic carbocycles. The van der Waals surface area contributed by atoms with Crippen LogP contribution in [0.4, 0.5) is 5.13 Å². The number of anilines is 1. The Morgan fingerprint density at radius 3 is 2.38 bits per heavy atom. The van der Waals surface area contributed by atoms with Crippen LogP contribution in [0.3, 0.4) is 0 Å². The van der Waals surface area contributed by atoms with E-state index in [0.29, 0.717) is 6.04 Å². The zero-order chi connectivity index (χ0) is 12.1. The highest BCUT2D eigenvalue weighted by molar-refractivity contribution is 7.17. The Morgan fingerprint density at radius 1 is 1.38 bits per heavy atom. The minimum atomic E-state index is 0.510. The number of hydrogen-bond donors (Lipinski definition) is 0. The van der Waals surface area contributed by atoms with Gasteiger partial charge in [0.15, 0.2) is 11.4 Å². The van der Waals surface area contributed by atoms with Crippen LogP contribution in [0.15, 0.2) is 0 Å². The third-order valence-corrected chi connectivity index (χ3v) is 4.06. The number of carbonyl (C=O) groups is 1. The first-order chi connectivity index (χ1) is 7.67. The molecule has 90 valence electrons. The molecule has 0 aliphatic rings. The second-order valence-electron chi connectivity index (χ2n) is 3.86. The average molecular weight is 240 g/mol. The molecule has 0 spiro atoms. The molecule has 0 atom stereocenters. The van der Waals surface area contributed by atoms with Gasteiger partial charge in [-0.05, 0) is 19.3 Å². The molecule has 0 saturated carbocycles. The van der Waals surface area contributed by atoms with Gasteiger partial charge in [-0.25, -0.2) is 4.98 Å². The van der Waals surface area contributed by atoms with E-state index in [1.807, 2.05) is 6.92 Å². The Hall–Kier alpha value is -0.900. The summed E-state index contributed by atoms with van der Waals surface area (Å²) >= 11 is 1.50. The third kappa shape index (κ3) is 2.61. The molecule has 0 aromatic carbocycles. The predicted octanol–water partition coefficient (Wildman–Crippen LogP) is 3.14. The molecule has 1 rings (SSSR count). The first kappa shape index (κ1) is 13.2. The standard InChI is InChI=1S/C12H20N2OS/c1-5-9(6-2)14(4)12-13-10(7-3)11(8-15)16-12/h8-9H,5-7H2,1-4H3.